The number of benzene rings is 1. The summed E-state index contributed by atoms with van der Waals surface area (Å²) in [6.45, 7) is 10.7. The van der Waals surface area contributed by atoms with E-state index in [2.05, 4.69) is 61.3 Å². The highest BCUT2D eigenvalue weighted by molar-refractivity contribution is 14.0. The Bertz CT molecular complexity index is 556. The van der Waals surface area contributed by atoms with Crippen molar-refractivity contribution in [1.82, 2.24) is 10.2 Å². The molecule has 0 spiro atoms. The van der Waals surface area contributed by atoms with Crippen molar-refractivity contribution in [2.75, 3.05) is 38.5 Å². The van der Waals surface area contributed by atoms with Gasteiger partial charge in [-0.2, -0.15) is 0 Å². The summed E-state index contributed by atoms with van der Waals surface area (Å²) in [6, 6.07) is 10.7. The molecule has 1 heterocycles. The normalized spacial score (nSPS) is 18.2. The number of rotatable bonds is 10. The van der Waals surface area contributed by atoms with Gasteiger partial charge in [-0.15, -0.1) is 35.7 Å². The Hall–Kier alpha value is -0.470. The molecule has 0 aromatic heterocycles. The molecule has 2 unspecified atom stereocenters. The van der Waals surface area contributed by atoms with Crippen LogP contribution in [0.1, 0.15) is 40.0 Å². The number of aliphatic hydroxyl groups is 1. The Morgan fingerprint density at radius 1 is 1.32 bits per heavy atom. The maximum absolute atomic E-state index is 9.34. The Morgan fingerprint density at radius 2 is 2.07 bits per heavy atom. The van der Waals surface area contributed by atoms with E-state index >= 15 is 0 Å². The van der Waals surface area contributed by atoms with Crippen molar-refractivity contribution in [1.29, 1.82) is 0 Å². The molecule has 1 aliphatic rings. The standard InChI is InChI=1S/C22H37N3OS.HI/c1-4-23-22(24-15-19(11-13-26)14-18(2)3)25-12-10-20(16-25)17-27-21-8-6-5-7-9-21;/h5-9,18-20,26H,4,10-17H2,1-3H3,(H,23,24);1H. The van der Waals surface area contributed by atoms with Crippen LogP contribution >= 0.6 is 35.7 Å². The minimum atomic E-state index is 0. The van der Waals surface area contributed by atoms with Crippen LogP contribution in [-0.2, 0) is 0 Å². The lowest BCUT2D eigenvalue weighted by Gasteiger charge is -2.23. The zero-order chi connectivity index (χ0) is 19.5. The van der Waals surface area contributed by atoms with Gasteiger partial charge in [0.2, 0.25) is 0 Å². The fourth-order valence-corrected chi connectivity index (χ4v) is 4.72. The maximum Gasteiger partial charge on any atom is 0.193 e. The number of nitrogens with one attached hydrogen (secondary N) is 1. The summed E-state index contributed by atoms with van der Waals surface area (Å²) in [7, 11) is 0. The smallest absolute Gasteiger partial charge is 0.193 e. The zero-order valence-corrected chi connectivity index (χ0v) is 20.8. The van der Waals surface area contributed by atoms with Gasteiger partial charge in [-0.3, -0.25) is 4.99 Å². The van der Waals surface area contributed by atoms with Crippen molar-refractivity contribution < 1.29 is 5.11 Å². The molecule has 28 heavy (non-hydrogen) atoms. The summed E-state index contributed by atoms with van der Waals surface area (Å²) >= 11 is 1.96. The molecule has 0 amide bonds. The van der Waals surface area contributed by atoms with E-state index in [9.17, 15) is 5.11 Å². The molecule has 160 valence electrons. The van der Waals surface area contributed by atoms with E-state index in [0.717, 1.165) is 45.0 Å². The third-order valence-corrected chi connectivity index (χ3v) is 6.23. The first-order valence-electron chi connectivity index (χ1n) is 10.4. The number of halogens is 1. The molecule has 1 aliphatic heterocycles. The minimum absolute atomic E-state index is 0. The molecule has 4 nitrogen and oxygen atoms in total. The number of nitrogens with zero attached hydrogens (tertiary/aromatic N) is 2. The molecule has 0 radical (unpaired) electrons. The van der Waals surface area contributed by atoms with Crippen LogP contribution in [-0.4, -0.2) is 54.5 Å². The Kier molecular flexibility index (Phi) is 13.2. The predicted octanol–water partition coefficient (Wildman–Crippen LogP) is 4.73. The first-order valence-corrected chi connectivity index (χ1v) is 11.4. The second-order valence-electron chi connectivity index (χ2n) is 7.93. The van der Waals surface area contributed by atoms with Gasteiger partial charge in [-0.25, -0.2) is 0 Å². The van der Waals surface area contributed by atoms with Crippen LogP contribution in [0, 0.1) is 17.8 Å². The number of aliphatic hydroxyl groups excluding tert-OH is 1. The molecule has 0 saturated carbocycles. The van der Waals surface area contributed by atoms with Gasteiger partial charge in [0.25, 0.3) is 0 Å². The van der Waals surface area contributed by atoms with Gasteiger partial charge in [-0.05, 0) is 56.1 Å². The van der Waals surface area contributed by atoms with Crippen molar-refractivity contribution in [2.24, 2.45) is 22.7 Å². The van der Waals surface area contributed by atoms with Gasteiger partial charge in [-0.1, -0.05) is 32.0 Å². The fourth-order valence-electron chi connectivity index (χ4n) is 3.67. The molecule has 1 aromatic carbocycles. The lowest BCUT2D eigenvalue weighted by atomic mass is 9.94. The number of hydrogen-bond acceptors (Lipinski definition) is 3. The highest BCUT2D eigenvalue weighted by atomic mass is 127. The lowest BCUT2D eigenvalue weighted by molar-refractivity contribution is 0.245. The fraction of sp³-hybridized carbons (Fsp3) is 0.682. The number of aliphatic imine (C=N–C) groups is 1. The van der Waals surface area contributed by atoms with Crippen molar-refractivity contribution in [3.05, 3.63) is 30.3 Å². The zero-order valence-electron chi connectivity index (χ0n) is 17.6. The second kappa shape index (κ2) is 14.5. The summed E-state index contributed by atoms with van der Waals surface area (Å²) in [5.41, 5.74) is 0. The van der Waals surface area contributed by atoms with E-state index in [-0.39, 0.29) is 30.6 Å². The molecule has 0 bridgehead atoms. The Morgan fingerprint density at radius 3 is 2.71 bits per heavy atom. The van der Waals surface area contributed by atoms with Crippen LogP contribution in [0.15, 0.2) is 40.2 Å². The van der Waals surface area contributed by atoms with Crippen molar-refractivity contribution in [3.8, 4) is 0 Å². The van der Waals surface area contributed by atoms with Gasteiger partial charge >= 0.3 is 0 Å². The summed E-state index contributed by atoms with van der Waals surface area (Å²) in [5.74, 6) is 4.04. The van der Waals surface area contributed by atoms with Crippen LogP contribution in [0.3, 0.4) is 0 Å². The number of thioether (sulfide) groups is 1. The lowest BCUT2D eigenvalue weighted by Crippen LogP contribution is -2.40. The van der Waals surface area contributed by atoms with Crippen LogP contribution in [0.5, 0.6) is 0 Å². The Balaban J connectivity index is 0.00000392. The summed E-state index contributed by atoms with van der Waals surface area (Å²) in [5, 5.41) is 12.8. The third-order valence-electron chi connectivity index (χ3n) is 4.99. The monoisotopic (exact) mass is 519 g/mol. The summed E-state index contributed by atoms with van der Waals surface area (Å²) in [4.78, 5) is 8.71. The number of guanidine groups is 1. The first-order chi connectivity index (χ1) is 13.1. The van der Waals surface area contributed by atoms with E-state index < -0.39 is 0 Å². The predicted molar refractivity (Wildman–Crippen MR) is 133 cm³/mol. The number of hydrogen-bond donors (Lipinski definition) is 2. The van der Waals surface area contributed by atoms with Crippen molar-refractivity contribution in [2.45, 2.75) is 44.9 Å². The molecule has 0 aliphatic carbocycles. The minimum Gasteiger partial charge on any atom is -0.396 e. The molecule has 1 aromatic rings. The molecule has 6 heteroatoms. The molecular formula is C22H38IN3OS. The first kappa shape index (κ1) is 25.6. The second-order valence-corrected chi connectivity index (χ2v) is 9.02. The van der Waals surface area contributed by atoms with E-state index in [1.165, 1.54) is 17.1 Å². The van der Waals surface area contributed by atoms with E-state index in [1.54, 1.807) is 0 Å². The van der Waals surface area contributed by atoms with E-state index in [4.69, 9.17) is 4.99 Å². The third kappa shape index (κ3) is 9.35. The molecule has 2 atom stereocenters. The molecule has 2 N–H and O–H groups in total. The molecule has 2 rings (SSSR count). The molecule has 1 saturated heterocycles. The van der Waals surface area contributed by atoms with E-state index in [0.29, 0.717) is 17.8 Å². The highest BCUT2D eigenvalue weighted by Crippen LogP contribution is 2.26. The van der Waals surface area contributed by atoms with Gasteiger partial charge in [0, 0.05) is 43.4 Å². The average molecular weight is 520 g/mol. The highest BCUT2D eigenvalue weighted by Gasteiger charge is 2.25. The molecule has 1 fully saturated rings. The molecular weight excluding hydrogens is 481 g/mol. The van der Waals surface area contributed by atoms with Crippen LogP contribution in [0.4, 0.5) is 0 Å². The Labute approximate surface area is 193 Å². The van der Waals surface area contributed by atoms with Gasteiger partial charge in [0.1, 0.15) is 0 Å². The van der Waals surface area contributed by atoms with Gasteiger partial charge < -0.3 is 15.3 Å². The van der Waals surface area contributed by atoms with Crippen LogP contribution in [0.25, 0.3) is 0 Å². The van der Waals surface area contributed by atoms with Gasteiger partial charge in [0.15, 0.2) is 5.96 Å². The maximum atomic E-state index is 9.34. The SMILES string of the molecule is CCNC(=NCC(CCO)CC(C)C)N1CCC(CSc2ccccc2)C1.I. The average Bonchev–Trinajstić information content (AvgIpc) is 3.13. The van der Waals surface area contributed by atoms with Gasteiger partial charge in [0.05, 0.1) is 0 Å². The topological polar surface area (TPSA) is 47.9 Å². The van der Waals surface area contributed by atoms with E-state index in [1.807, 2.05) is 11.8 Å². The largest absolute Gasteiger partial charge is 0.396 e. The van der Waals surface area contributed by atoms with Crippen molar-refractivity contribution in [3.63, 3.8) is 0 Å². The summed E-state index contributed by atoms with van der Waals surface area (Å²) in [6.07, 6.45) is 3.20. The summed E-state index contributed by atoms with van der Waals surface area (Å²) < 4.78 is 0. The quantitative estimate of drug-likeness (QED) is 0.203. The van der Waals surface area contributed by atoms with Crippen LogP contribution in [0.2, 0.25) is 0 Å². The van der Waals surface area contributed by atoms with Crippen molar-refractivity contribution >= 4 is 41.7 Å². The number of likely N-dealkylation sites (tertiary alicyclic amines) is 1. The van der Waals surface area contributed by atoms with Crippen LogP contribution < -0.4 is 5.32 Å².